The van der Waals surface area contributed by atoms with Crippen LogP contribution in [0.25, 0.3) is 5.57 Å². The molecule has 1 aromatic carbocycles. The molecule has 0 radical (unpaired) electrons. The van der Waals surface area contributed by atoms with Gasteiger partial charge >= 0.3 is 11.9 Å². The molecule has 6 heteroatoms. The van der Waals surface area contributed by atoms with E-state index in [0.717, 1.165) is 8.95 Å². The second-order valence-electron chi connectivity index (χ2n) is 4.55. The van der Waals surface area contributed by atoms with Crippen LogP contribution in [-0.2, 0) is 19.1 Å². The third kappa shape index (κ3) is 5.77. The summed E-state index contributed by atoms with van der Waals surface area (Å²) in [5, 5.41) is 0. The Morgan fingerprint density at radius 3 is 2.41 bits per heavy atom. The van der Waals surface area contributed by atoms with E-state index in [2.05, 4.69) is 36.6 Å². The number of benzene rings is 1. The van der Waals surface area contributed by atoms with E-state index in [9.17, 15) is 9.59 Å². The molecule has 22 heavy (non-hydrogen) atoms. The summed E-state index contributed by atoms with van der Waals surface area (Å²) in [5.74, 6) is -0.955. The summed E-state index contributed by atoms with van der Waals surface area (Å²) in [6.07, 6.45) is 3.98. The van der Waals surface area contributed by atoms with Crippen LogP contribution in [-0.4, -0.2) is 25.2 Å². The third-order valence-corrected chi connectivity index (χ3v) is 4.37. The van der Waals surface area contributed by atoms with Crippen LogP contribution < -0.4 is 0 Å². The van der Waals surface area contributed by atoms with Crippen LogP contribution in [0.4, 0.5) is 0 Å². The van der Waals surface area contributed by atoms with Crippen LogP contribution in [0.3, 0.4) is 0 Å². The molecule has 0 amide bonds. The highest BCUT2D eigenvalue weighted by atomic mass is 79.9. The number of allylic oxidation sites excluding steroid dienone is 2. The first kappa shape index (κ1) is 18.6. The zero-order chi connectivity index (χ0) is 16.7. The minimum absolute atomic E-state index is 0.237. The van der Waals surface area contributed by atoms with Gasteiger partial charge in [0.1, 0.15) is 0 Å². The van der Waals surface area contributed by atoms with Crippen molar-refractivity contribution in [2.45, 2.75) is 20.0 Å². The highest BCUT2D eigenvalue weighted by molar-refractivity contribution is 9.13. The molecule has 0 N–H and O–H groups in total. The Kier molecular flexibility index (Phi) is 7.55. The van der Waals surface area contributed by atoms with Gasteiger partial charge in [-0.15, -0.1) is 0 Å². The maximum atomic E-state index is 12.2. The summed E-state index contributed by atoms with van der Waals surface area (Å²) in [7, 11) is 1.29. The van der Waals surface area contributed by atoms with Gasteiger partial charge in [0.2, 0.25) is 0 Å². The van der Waals surface area contributed by atoms with Crippen LogP contribution >= 0.6 is 31.9 Å². The lowest BCUT2D eigenvalue weighted by atomic mass is 10.1. The van der Waals surface area contributed by atoms with E-state index in [0.29, 0.717) is 11.1 Å². The fourth-order valence-electron chi connectivity index (χ4n) is 1.51. The SMILES string of the molecule is COC(=O)C=CC=C(C(=O)OC(C)C)c1ccc(Br)c(Br)c1. The number of hydrogen-bond donors (Lipinski definition) is 0. The Bertz CT molecular complexity index is 619. The Hall–Kier alpha value is -1.40. The molecule has 0 spiro atoms. The maximum absolute atomic E-state index is 12.2. The maximum Gasteiger partial charge on any atom is 0.338 e. The predicted octanol–water partition coefficient (Wildman–Crippen LogP) is 4.28. The lowest BCUT2D eigenvalue weighted by Crippen LogP contribution is -2.13. The van der Waals surface area contributed by atoms with Crippen molar-refractivity contribution in [3.05, 3.63) is 50.9 Å². The molecule has 0 aliphatic carbocycles. The first-order valence-electron chi connectivity index (χ1n) is 6.48. The van der Waals surface area contributed by atoms with Gasteiger partial charge < -0.3 is 9.47 Å². The highest BCUT2D eigenvalue weighted by Crippen LogP contribution is 2.27. The van der Waals surface area contributed by atoms with E-state index in [1.54, 1.807) is 26.0 Å². The summed E-state index contributed by atoms with van der Waals surface area (Å²) in [4.78, 5) is 23.3. The molecule has 0 aliphatic rings. The van der Waals surface area contributed by atoms with Crippen LogP contribution in [0.2, 0.25) is 0 Å². The van der Waals surface area contributed by atoms with E-state index in [4.69, 9.17) is 4.74 Å². The van der Waals surface area contributed by atoms with Crippen molar-refractivity contribution in [2.24, 2.45) is 0 Å². The molecule has 0 saturated carbocycles. The second-order valence-corrected chi connectivity index (χ2v) is 6.25. The highest BCUT2D eigenvalue weighted by Gasteiger charge is 2.15. The topological polar surface area (TPSA) is 52.6 Å². The number of methoxy groups -OCH3 is 1. The summed E-state index contributed by atoms with van der Waals surface area (Å²) in [5.41, 5.74) is 1.03. The van der Waals surface area contributed by atoms with Crippen LogP contribution in [0.15, 0.2) is 45.4 Å². The fraction of sp³-hybridized carbons (Fsp3) is 0.250. The van der Waals surface area contributed by atoms with E-state index in [1.807, 2.05) is 6.07 Å². The van der Waals surface area contributed by atoms with Crippen LogP contribution in [0.5, 0.6) is 0 Å². The van der Waals surface area contributed by atoms with Crippen molar-refractivity contribution in [1.29, 1.82) is 0 Å². The molecule has 0 aliphatic heterocycles. The van der Waals surface area contributed by atoms with Gasteiger partial charge in [-0.3, -0.25) is 0 Å². The largest absolute Gasteiger partial charge is 0.466 e. The number of ether oxygens (including phenoxy) is 2. The predicted molar refractivity (Wildman–Crippen MR) is 92.2 cm³/mol. The van der Waals surface area contributed by atoms with Gasteiger partial charge in [-0.2, -0.15) is 0 Å². The van der Waals surface area contributed by atoms with E-state index < -0.39 is 11.9 Å². The molecular weight excluding hydrogens is 416 g/mol. The Balaban J connectivity index is 3.18. The van der Waals surface area contributed by atoms with Crippen LogP contribution in [0.1, 0.15) is 19.4 Å². The summed E-state index contributed by atoms with van der Waals surface area (Å²) in [6.45, 7) is 3.55. The van der Waals surface area contributed by atoms with Gasteiger partial charge in [-0.25, -0.2) is 9.59 Å². The van der Waals surface area contributed by atoms with Crippen molar-refractivity contribution in [3.63, 3.8) is 0 Å². The fourth-order valence-corrected chi connectivity index (χ4v) is 2.14. The zero-order valence-electron chi connectivity index (χ0n) is 12.4. The lowest BCUT2D eigenvalue weighted by molar-refractivity contribution is -0.140. The zero-order valence-corrected chi connectivity index (χ0v) is 15.6. The average molecular weight is 432 g/mol. The molecule has 118 valence electrons. The number of rotatable bonds is 5. The van der Waals surface area contributed by atoms with E-state index in [1.165, 1.54) is 25.3 Å². The second kappa shape index (κ2) is 8.90. The first-order chi connectivity index (χ1) is 10.3. The summed E-state index contributed by atoms with van der Waals surface area (Å²) >= 11 is 6.78. The smallest absolute Gasteiger partial charge is 0.338 e. The van der Waals surface area contributed by atoms with Gasteiger partial charge in [0.05, 0.1) is 18.8 Å². The monoisotopic (exact) mass is 430 g/mol. The molecule has 0 atom stereocenters. The Morgan fingerprint density at radius 1 is 1.18 bits per heavy atom. The summed E-state index contributed by atoms with van der Waals surface area (Å²) < 4.78 is 11.4. The molecule has 1 rings (SSSR count). The molecule has 0 saturated heterocycles. The van der Waals surface area contributed by atoms with Gasteiger partial charge in [0, 0.05) is 15.0 Å². The minimum Gasteiger partial charge on any atom is -0.466 e. The normalized spacial score (nSPS) is 11.8. The van der Waals surface area contributed by atoms with Gasteiger partial charge in [0.15, 0.2) is 0 Å². The standard InChI is InChI=1S/C16H16Br2O4/c1-10(2)22-16(20)12(5-4-6-15(19)21-3)11-7-8-13(17)14(18)9-11/h4-10H,1-3H3. The van der Waals surface area contributed by atoms with Crippen molar-refractivity contribution in [1.82, 2.24) is 0 Å². The number of esters is 2. The molecule has 4 nitrogen and oxygen atoms in total. The van der Waals surface area contributed by atoms with Crippen molar-refractivity contribution >= 4 is 49.4 Å². The number of hydrogen-bond acceptors (Lipinski definition) is 4. The number of carbonyl (C=O) groups is 2. The van der Waals surface area contributed by atoms with E-state index >= 15 is 0 Å². The molecule has 0 aromatic heterocycles. The van der Waals surface area contributed by atoms with Gasteiger partial charge in [-0.05, 0) is 69.5 Å². The molecular formula is C16H16Br2O4. The molecule has 0 heterocycles. The minimum atomic E-state index is -0.496. The Labute approximate surface area is 146 Å². The van der Waals surface area contributed by atoms with Crippen molar-refractivity contribution in [2.75, 3.05) is 7.11 Å². The lowest BCUT2D eigenvalue weighted by Gasteiger charge is -2.11. The quantitative estimate of drug-likeness (QED) is 0.396. The number of halogens is 2. The van der Waals surface area contributed by atoms with Gasteiger partial charge in [-0.1, -0.05) is 12.1 Å². The van der Waals surface area contributed by atoms with E-state index in [-0.39, 0.29) is 6.10 Å². The van der Waals surface area contributed by atoms with Gasteiger partial charge in [0.25, 0.3) is 0 Å². The van der Waals surface area contributed by atoms with Crippen LogP contribution in [0, 0.1) is 0 Å². The molecule has 0 bridgehead atoms. The number of carbonyl (C=O) groups excluding carboxylic acids is 2. The van der Waals surface area contributed by atoms with Crippen molar-refractivity contribution < 1.29 is 19.1 Å². The molecule has 0 unspecified atom stereocenters. The first-order valence-corrected chi connectivity index (χ1v) is 8.06. The third-order valence-electron chi connectivity index (χ3n) is 2.49. The average Bonchev–Trinajstić information content (AvgIpc) is 2.45. The Morgan fingerprint density at radius 2 is 1.86 bits per heavy atom. The molecule has 1 aromatic rings. The molecule has 0 fully saturated rings. The summed E-state index contributed by atoms with van der Waals surface area (Å²) in [6, 6.07) is 5.40. The van der Waals surface area contributed by atoms with Crippen molar-refractivity contribution in [3.8, 4) is 0 Å².